The van der Waals surface area contributed by atoms with E-state index < -0.39 is 11.4 Å². The van der Waals surface area contributed by atoms with Crippen molar-refractivity contribution in [1.29, 1.82) is 10.5 Å². The Balaban J connectivity index is 1.86. The number of nitriles is 2. The molecule has 4 nitrogen and oxygen atoms in total. The predicted molar refractivity (Wildman–Crippen MR) is 106 cm³/mol. The quantitative estimate of drug-likeness (QED) is 0.669. The molecule has 28 heavy (non-hydrogen) atoms. The van der Waals surface area contributed by atoms with E-state index in [0.717, 1.165) is 38.5 Å². The molecule has 4 heteroatoms. The van der Waals surface area contributed by atoms with Gasteiger partial charge in [-0.3, -0.25) is 4.79 Å². The maximum Gasteiger partial charge on any atom is 0.309 e. The Morgan fingerprint density at radius 2 is 1.89 bits per heavy atom. The maximum absolute atomic E-state index is 12.2. The molecule has 3 fully saturated rings. The fraction of sp³-hybridized carbons (Fsp3) is 0.792. The van der Waals surface area contributed by atoms with Crippen molar-refractivity contribution in [3.8, 4) is 12.1 Å². The first kappa shape index (κ1) is 19.5. The molecule has 0 heterocycles. The van der Waals surface area contributed by atoms with E-state index in [-0.39, 0.29) is 34.5 Å². The summed E-state index contributed by atoms with van der Waals surface area (Å²) in [6.45, 7) is 8.65. The molecule has 1 N–H and O–H groups in total. The molecule has 0 aromatic rings. The first-order chi connectivity index (χ1) is 13.2. The number of nitrogens with zero attached hydrogens (tertiary/aromatic N) is 2. The summed E-state index contributed by atoms with van der Waals surface area (Å²) < 4.78 is 0. The van der Waals surface area contributed by atoms with Gasteiger partial charge < -0.3 is 5.11 Å². The Labute approximate surface area is 168 Å². The first-order valence-electron chi connectivity index (χ1n) is 10.9. The largest absolute Gasteiger partial charge is 0.481 e. The first-order valence-corrected chi connectivity index (χ1v) is 10.9. The van der Waals surface area contributed by atoms with Gasteiger partial charge in [-0.15, -0.1) is 0 Å². The molecule has 5 rings (SSSR count). The van der Waals surface area contributed by atoms with Crippen LogP contribution in [-0.4, -0.2) is 11.1 Å². The van der Waals surface area contributed by atoms with Gasteiger partial charge in [0.05, 0.1) is 29.4 Å². The number of carboxylic acids is 1. The Bertz CT molecular complexity index is 817. The molecule has 8 atom stereocenters. The highest BCUT2D eigenvalue weighted by atomic mass is 16.4. The van der Waals surface area contributed by atoms with E-state index in [1.807, 2.05) is 6.92 Å². The lowest BCUT2D eigenvalue weighted by Gasteiger charge is -2.68. The Kier molecular flexibility index (Phi) is 4.24. The van der Waals surface area contributed by atoms with E-state index in [4.69, 9.17) is 0 Å². The monoisotopic (exact) mass is 380 g/mol. The van der Waals surface area contributed by atoms with Crippen LogP contribution in [0.25, 0.3) is 0 Å². The van der Waals surface area contributed by atoms with Gasteiger partial charge in [-0.25, -0.2) is 0 Å². The molecule has 0 amide bonds. The third-order valence-corrected chi connectivity index (χ3v) is 9.46. The third kappa shape index (κ3) is 2.18. The molecule has 0 saturated heterocycles. The van der Waals surface area contributed by atoms with Gasteiger partial charge >= 0.3 is 5.97 Å². The third-order valence-electron chi connectivity index (χ3n) is 9.46. The summed E-state index contributed by atoms with van der Waals surface area (Å²) in [5.74, 6) is -0.158. The van der Waals surface area contributed by atoms with Gasteiger partial charge in [0, 0.05) is 5.41 Å². The van der Waals surface area contributed by atoms with E-state index in [1.54, 1.807) is 0 Å². The highest BCUT2D eigenvalue weighted by Crippen LogP contribution is 2.73. The number of allylic oxidation sites excluding steroid dienone is 2. The summed E-state index contributed by atoms with van der Waals surface area (Å²) >= 11 is 0. The van der Waals surface area contributed by atoms with Crippen molar-refractivity contribution in [3.63, 3.8) is 0 Å². The topological polar surface area (TPSA) is 84.9 Å². The van der Waals surface area contributed by atoms with Crippen LogP contribution < -0.4 is 0 Å². The summed E-state index contributed by atoms with van der Waals surface area (Å²) in [5, 5.41) is 30.1. The van der Waals surface area contributed by atoms with Crippen LogP contribution >= 0.6 is 0 Å². The van der Waals surface area contributed by atoms with E-state index in [0.29, 0.717) is 11.8 Å². The van der Waals surface area contributed by atoms with Crippen LogP contribution in [0.2, 0.25) is 0 Å². The summed E-state index contributed by atoms with van der Waals surface area (Å²) in [6, 6.07) is 5.07. The lowest BCUT2D eigenvalue weighted by Crippen LogP contribution is -2.64. The number of carboxylic acid groups (broad SMARTS) is 1. The van der Waals surface area contributed by atoms with Crippen molar-refractivity contribution in [2.75, 3.05) is 0 Å². The summed E-state index contributed by atoms with van der Waals surface area (Å²) in [7, 11) is 0. The van der Waals surface area contributed by atoms with E-state index in [1.165, 1.54) is 5.57 Å². The zero-order valence-corrected chi connectivity index (χ0v) is 17.5. The second-order valence-electron chi connectivity index (χ2n) is 10.7. The Morgan fingerprint density at radius 1 is 1.18 bits per heavy atom. The Morgan fingerprint density at radius 3 is 2.46 bits per heavy atom. The minimum absolute atomic E-state index is 0.0730. The van der Waals surface area contributed by atoms with Crippen LogP contribution in [0.15, 0.2) is 11.6 Å². The maximum atomic E-state index is 12.2. The van der Waals surface area contributed by atoms with Gasteiger partial charge in [-0.1, -0.05) is 38.8 Å². The number of aliphatic carboxylic acids is 1. The second-order valence-corrected chi connectivity index (χ2v) is 10.7. The van der Waals surface area contributed by atoms with Gasteiger partial charge in [0.15, 0.2) is 0 Å². The molecule has 0 radical (unpaired) electrons. The average Bonchev–Trinajstić information content (AvgIpc) is 2.65. The second kappa shape index (κ2) is 6.09. The van der Waals surface area contributed by atoms with Crippen molar-refractivity contribution in [2.24, 2.45) is 51.8 Å². The fourth-order valence-corrected chi connectivity index (χ4v) is 8.23. The van der Waals surface area contributed by atoms with Crippen LogP contribution in [0.5, 0.6) is 0 Å². The molecule has 2 bridgehead atoms. The molecule has 1 spiro atoms. The molecule has 5 aliphatic carbocycles. The van der Waals surface area contributed by atoms with Crippen molar-refractivity contribution in [3.05, 3.63) is 11.6 Å². The molecule has 5 aliphatic rings. The van der Waals surface area contributed by atoms with E-state index >= 15 is 0 Å². The standard InChI is InChI=1S/C24H32N2O2/c1-14(2)16-11-24-9-6-19-22(3,7-5-8-23(19,4)21(27)28)20(24)10-15(16)17(12-25)18(24)13-26/h11,14-15,17-20H,5-10H2,1-4H3,(H,27,28). The van der Waals surface area contributed by atoms with Crippen LogP contribution in [0.1, 0.15) is 66.2 Å². The average molecular weight is 381 g/mol. The number of carbonyl (C=O) groups is 1. The summed E-state index contributed by atoms with van der Waals surface area (Å²) in [4.78, 5) is 12.2. The van der Waals surface area contributed by atoms with Gasteiger partial charge in [0.2, 0.25) is 0 Å². The van der Waals surface area contributed by atoms with Crippen LogP contribution in [0.4, 0.5) is 0 Å². The van der Waals surface area contributed by atoms with Gasteiger partial charge in [-0.2, -0.15) is 10.5 Å². The molecular formula is C24H32N2O2. The molecule has 8 unspecified atom stereocenters. The number of fused-ring (bicyclic) bond motifs is 2. The SMILES string of the molecule is CC(C)C1=CC23CCC4C(C)(C(=O)O)CCCC4(C)C2CC1C(C#N)C3C#N. The van der Waals surface area contributed by atoms with Gasteiger partial charge in [-0.05, 0) is 68.1 Å². The summed E-state index contributed by atoms with van der Waals surface area (Å²) in [6.07, 6.45) is 7.78. The lowest BCUT2D eigenvalue weighted by molar-refractivity contribution is -0.188. The fourth-order valence-electron chi connectivity index (χ4n) is 8.23. The number of hydrogen-bond acceptors (Lipinski definition) is 3. The smallest absolute Gasteiger partial charge is 0.309 e. The van der Waals surface area contributed by atoms with Crippen LogP contribution in [0.3, 0.4) is 0 Å². The zero-order chi connectivity index (χ0) is 20.5. The molecule has 0 aromatic heterocycles. The number of rotatable bonds is 2. The van der Waals surface area contributed by atoms with Crippen molar-refractivity contribution >= 4 is 5.97 Å². The minimum atomic E-state index is -0.674. The Hall–Kier alpha value is -1.81. The molecule has 150 valence electrons. The molecular weight excluding hydrogens is 348 g/mol. The van der Waals surface area contributed by atoms with Crippen molar-refractivity contribution in [1.82, 2.24) is 0 Å². The molecule has 0 aromatic carbocycles. The highest BCUT2D eigenvalue weighted by molar-refractivity contribution is 5.75. The lowest BCUT2D eigenvalue weighted by atomic mass is 9.34. The van der Waals surface area contributed by atoms with Crippen molar-refractivity contribution < 1.29 is 9.90 Å². The summed E-state index contributed by atoms with van der Waals surface area (Å²) in [5.41, 5.74) is 0.363. The van der Waals surface area contributed by atoms with Crippen LogP contribution in [-0.2, 0) is 4.79 Å². The highest BCUT2D eigenvalue weighted by Gasteiger charge is 2.68. The predicted octanol–water partition coefficient (Wildman–Crippen LogP) is 5.18. The van der Waals surface area contributed by atoms with Gasteiger partial charge in [0.25, 0.3) is 0 Å². The normalized spacial score (nSPS) is 49.4. The molecule has 3 saturated carbocycles. The van der Waals surface area contributed by atoms with Crippen molar-refractivity contribution in [2.45, 2.75) is 66.2 Å². The van der Waals surface area contributed by atoms with E-state index in [9.17, 15) is 20.4 Å². The van der Waals surface area contributed by atoms with Gasteiger partial charge in [0.1, 0.15) is 0 Å². The van der Waals surface area contributed by atoms with Crippen LogP contribution in [0, 0.1) is 74.4 Å². The van der Waals surface area contributed by atoms with E-state index in [2.05, 4.69) is 39.0 Å². The zero-order valence-electron chi connectivity index (χ0n) is 17.5. The number of hydrogen-bond donors (Lipinski definition) is 1. The minimum Gasteiger partial charge on any atom is -0.481 e. The molecule has 0 aliphatic heterocycles.